The monoisotopic (exact) mass is 441 g/mol. The average Bonchev–Trinajstić information content (AvgIpc) is 3.22. The van der Waals surface area contributed by atoms with Crippen LogP contribution in [0.4, 0.5) is 4.39 Å². The lowest BCUT2D eigenvalue weighted by molar-refractivity contribution is 0.260. The van der Waals surface area contributed by atoms with Crippen LogP contribution in [0.5, 0.6) is 0 Å². The van der Waals surface area contributed by atoms with Gasteiger partial charge in [0, 0.05) is 36.3 Å². The maximum Gasteiger partial charge on any atom is 0.140 e. The molecule has 4 aromatic rings. The number of aromatic nitrogens is 2. The smallest absolute Gasteiger partial charge is 0.140 e. The molecule has 0 fully saturated rings. The summed E-state index contributed by atoms with van der Waals surface area (Å²) in [7, 11) is 0. The highest BCUT2D eigenvalue weighted by molar-refractivity contribution is 5.68. The second-order valence-corrected chi connectivity index (χ2v) is 8.36. The van der Waals surface area contributed by atoms with Crippen LogP contribution in [0.15, 0.2) is 84.9 Å². The molecule has 0 aliphatic heterocycles. The number of unbranched alkanes of at least 4 members (excludes halogenated alkanes) is 1. The van der Waals surface area contributed by atoms with Gasteiger partial charge in [0.25, 0.3) is 0 Å². The number of hydrogen-bond donors (Lipinski definition) is 0. The van der Waals surface area contributed by atoms with Crippen molar-refractivity contribution in [1.29, 1.82) is 0 Å². The molecule has 3 aromatic carbocycles. The van der Waals surface area contributed by atoms with E-state index < -0.39 is 0 Å². The van der Waals surface area contributed by atoms with Crippen molar-refractivity contribution in [2.45, 2.75) is 46.3 Å². The number of hydrogen-bond acceptors (Lipinski definition) is 2. The maximum atomic E-state index is 14.4. The summed E-state index contributed by atoms with van der Waals surface area (Å²) in [6.45, 7) is 7.35. The van der Waals surface area contributed by atoms with Gasteiger partial charge in [-0.2, -0.15) is 0 Å². The molecule has 0 amide bonds. The van der Waals surface area contributed by atoms with Crippen molar-refractivity contribution in [3.8, 4) is 22.6 Å². The lowest BCUT2D eigenvalue weighted by Crippen LogP contribution is -2.25. The van der Waals surface area contributed by atoms with Gasteiger partial charge in [0.2, 0.25) is 0 Å². The minimum Gasteiger partial charge on any atom is -0.326 e. The van der Waals surface area contributed by atoms with Crippen molar-refractivity contribution < 1.29 is 4.39 Å². The van der Waals surface area contributed by atoms with Crippen LogP contribution in [-0.4, -0.2) is 21.0 Å². The first-order valence-corrected chi connectivity index (χ1v) is 11.9. The van der Waals surface area contributed by atoms with E-state index in [4.69, 9.17) is 4.98 Å². The van der Waals surface area contributed by atoms with Crippen LogP contribution in [0.1, 0.15) is 37.9 Å². The van der Waals surface area contributed by atoms with Gasteiger partial charge in [0.05, 0.1) is 11.4 Å². The summed E-state index contributed by atoms with van der Waals surface area (Å²) < 4.78 is 16.8. The highest BCUT2D eigenvalue weighted by Gasteiger charge is 2.21. The highest BCUT2D eigenvalue weighted by atomic mass is 19.1. The lowest BCUT2D eigenvalue weighted by Gasteiger charge is -2.23. The molecule has 0 aliphatic rings. The molecule has 0 radical (unpaired) electrons. The normalized spacial score (nSPS) is 11.3. The SMILES string of the molecule is CCCCn1c(-c2ccccc2)nc(-c2ccccc2)c1CN(CC)Cc1ccccc1F. The molecule has 3 nitrogen and oxygen atoms in total. The number of benzene rings is 3. The van der Waals surface area contributed by atoms with Crippen molar-refractivity contribution in [2.75, 3.05) is 6.54 Å². The van der Waals surface area contributed by atoms with Gasteiger partial charge in [-0.15, -0.1) is 0 Å². The Labute approximate surface area is 196 Å². The van der Waals surface area contributed by atoms with E-state index in [-0.39, 0.29) is 5.82 Å². The zero-order chi connectivity index (χ0) is 23.0. The van der Waals surface area contributed by atoms with E-state index in [2.05, 4.69) is 71.8 Å². The zero-order valence-corrected chi connectivity index (χ0v) is 19.5. The van der Waals surface area contributed by atoms with E-state index in [9.17, 15) is 4.39 Å². The largest absolute Gasteiger partial charge is 0.326 e. The second-order valence-electron chi connectivity index (χ2n) is 8.36. The van der Waals surface area contributed by atoms with Gasteiger partial charge >= 0.3 is 0 Å². The summed E-state index contributed by atoms with van der Waals surface area (Å²) in [5, 5.41) is 0. The van der Waals surface area contributed by atoms with Crippen LogP contribution >= 0.6 is 0 Å². The molecular weight excluding hydrogens is 409 g/mol. The molecule has 33 heavy (non-hydrogen) atoms. The van der Waals surface area contributed by atoms with Crippen LogP contribution in [-0.2, 0) is 19.6 Å². The third-order valence-electron chi connectivity index (χ3n) is 6.06. The summed E-state index contributed by atoms with van der Waals surface area (Å²) in [6.07, 6.45) is 2.19. The first kappa shape index (κ1) is 22.9. The topological polar surface area (TPSA) is 21.1 Å². The Morgan fingerprint density at radius 3 is 2.06 bits per heavy atom. The van der Waals surface area contributed by atoms with E-state index in [1.54, 1.807) is 6.07 Å². The Hall–Kier alpha value is -3.24. The molecule has 0 atom stereocenters. The highest BCUT2D eigenvalue weighted by Crippen LogP contribution is 2.31. The number of nitrogens with zero attached hydrogens (tertiary/aromatic N) is 3. The molecule has 1 aromatic heterocycles. The Balaban J connectivity index is 1.79. The second kappa shape index (κ2) is 11.1. The fourth-order valence-electron chi connectivity index (χ4n) is 4.20. The third-order valence-corrected chi connectivity index (χ3v) is 6.06. The van der Waals surface area contributed by atoms with E-state index in [1.165, 1.54) is 11.8 Å². The van der Waals surface area contributed by atoms with Crippen LogP contribution < -0.4 is 0 Å². The number of imidazole rings is 1. The number of halogens is 1. The fourth-order valence-corrected chi connectivity index (χ4v) is 4.20. The Morgan fingerprint density at radius 1 is 0.788 bits per heavy atom. The van der Waals surface area contributed by atoms with Gasteiger partial charge in [0.15, 0.2) is 0 Å². The number of rotatable bonds is 10. The first-order valence-electron chi connectivity index (χ1n) is 11.9. The van der Waals surface area contributed by atoms with E-state index >= 15 is 0 Å². The Bertz CT molecular complexity index is 1150. The maximum absolute atomic E-state index is 14.4. The average molecular weight is 442 g/mol. The van der Waals surface area contributed by atoms with E-state index in [0.29, 0.717) is 13.1 Å². The fraction of sp³-hybridized carbons (Fsp3) is 0.276. The zero-order valence-electron chi connectivity index (χ0n) is 19.5. The summed E-state index contributed by atoms with van der Waals surface area (Å²) in [6, 6.07) is 27.9. The van der Waals surface area contributed by atoms with Gasteiger partial charge in [-0.3, -0.25) is 4.90 Å². The predicted molar refractivity (Wildman–Crippen MR) is 134 cm³/mol. The molecular formula is C29H32FN3. The van der Waals surface area contributed by atoms with Crippen LogP contribution in [0.2, 0.25) is 0 Å². The summed E-state index contributed by atoms with van der Waals surface area (Å²) in [5.41, 5.74) is 5.16. The molecule has 0 saturated heterocycles. The minimum absolute atomic E-state index is 0.149. The third kappa shape index (κ3) is 5.40. The van der Waals surface area contributed by atoms with Crippen molar-refractivity contribution in [1.82, 2.24) is 14.5 Å². The van der Waals surface area contributed by atoms with Gasteiger partial charge in [-0.1, -0.05) is 99.1 Å². The van der Waals surface area contributed by atoms with Crippen molar-refractivity contribution >= 4 is 0 Å². The summed E-state index contributed by atoms with van der Waals surface area (Å²) in [4.78, 5) is 7.47. The van der Waals surface area contributed by atoms with E-state index in [1.807, 2.05) is 24.3 Å². The molecule has 4 heteroatoms. The molecule has 4 rings (SSSR count). The quantitative estimate of drug-likeness (QED) is 0.260. The molecule has 1 heterocycles. The Kier molecular flexibility index (Phi) is 7.69. The van der Waals surface area contributed by atoms with Crippen LogP contribution in [0.25, 0.3) is 22.6 Å². The minimum atomic E-state index is -0.149. The van der Waals surface area contributed by atoms with Gasteiger partial charge in [0.1, 0.15) is 11.6 Å². The van der Waals surface area contributed by atoms with Gasteiger partial charge < -0.3 is 4.57 Å². The summed E-state index contributed by atoms with van der Waals surface area (Å²) in [5.74, 6) is 0.851. The molecule has 0 aliphatic carbocycles. The van der Waals surface area contributed by atoms with Crippen molar-refractivity contribution in [3.05, 3.63) is 102 Å². The van der Waals surface area contributed by atoms with Crippen LogP contribution in [0.3, 0.4) is 0 Å². The predicted octanol–water partition coefficient (Wildman–Crippen LogP) is 7.18. The lowest BCUT2D eigenvalue weighted by atomic mass is 10.1. The Morgan fingerprint density at radius 2 is 1.42 bits per heavy atom. The van der Waals surface area contributed by atoms with Crippen molar-refractivity contribution in [2.24, 2.45) is 0 Å². The van der Waals surface area contributed by atoms with Crippen molar-refractivity contribution in [3.63, 3.8) is 0 Å². The molecule has 0 bridgehead atoms. The molecule has 0 N–H and O–H groups in total. The molecule has 0 unspecified atom stereocenters. The molecule has 0 saturated carbocycles. The van der Waals surface area contributed by atoms with E-state index in [0.717, 1.165) is 54.1 Å². The van der Waals surface area contributed by atoms with Crippen LogP contribution in [0, 0.1) is 5.82 Å². The first-order chi connectivity index (χ1) is 16.2. The molecule has 0 spiro atoms. The summed E-state index contributed by atoms with van der Waals surface area (Å²) >= 11 is 0. The molecule has 170 valence electrons. The van der Waals surface area contributed by atoms with Gasteiger partial charge in [-0.25, -0.2) is 9.37 Å². The van der Waals surface area contributed by atoms with Gasteiger partial charge in [-0.05, 0) is 19.0 Å². The standard InChI is InChI=1S/C29H32FN3/c1-3-5-20-33-27(22-32(4-2)21-25-18-12-13-19-26(25)30)28(23-14-8-6-9-15-23)31-29(33)24-16-10-7-11-17-24/h6-19H,3-5,20-22H2,1-2H3.